The summed E-state index contributed by atoms with van der Waals surface area (Å²) in [7, 11) is -3.56. The fourth-order valence-corrected chi connectivity index (χ4v) is 5.42. The SMILES string of the molecule is O=S(=O)(c1ccccc1Cl)N1CCC(c2c[nH]c3ccccc23)C1. The van der Waals surface area contributed by atoms with Crippen molar-refractivity contribution in [3.05, 3.63) is 65.3 Å². The van der Waals surface area contributed by atoms with Crippen LogP contribution in [0.25, 0.3) is 10.9 Å². The van der Waals surface area contributed by atoms with E-state index in [1.54, 1.807) is 28.6 Å². The predicted octanol–water partition coefficient (Wildman–Crippen LogP) is 4.00. The highest BCUT2D eigenvalue weighted by Crippen LogP contribution is 2.35. The molecular weight excluding hydrogens is 344 g/mol. The Hall–Kier alpha value is -1.82. The zero-order chi connectivity index (χ0) is 16.7. The maximum atomic E-state index is 12.9. The zero-order valence-corrected chi connectivity index (χ0v) is 14.5. The van der Waals surface area contributed by atoms with E-state index in [0.717, 1.165) is 11.9 Å². The summed E-state index contributed by atoms with van der Waals surface area (Å²) in [5.74, 6) is 0.193. The van der Waals surface area contributed by atoms with Crippen molar-refractivity contribution in [1.82, 2.24) is 9.29 Å². The Bertz CT molecular complexity index is 997. The van der Waals surface area contributed by atoms with E-state index in [0.29, 0.717) is 13.1 Å². The summed E-state index contributed by atoms with van der Waals surface area (Å²) in [5.41, 5.74) is 2.27. The van der Waals surface area contributed by atoms with E-state index in [4.69, 9.17) is 11.6 Å². The van der Waals surface area contributed by atoms with Gasteiger partial charge in [-0.1, -0.05) is 41.9 Å². The van der Waals surface area contributed by atoms with Gasteiger partial charge in [-0.05, 0) is 30.2 Å². The van der Waals surface area contributed by atoms with E-state index in [1.165, 1.54) is 10.9 Å². The summed E-state index contributed by atoms with van der Waals surface area (Å²) in [6.45, 7) is 0.993. The van der Waals surface area contributed by atoms with Crippen molar-refractivity contribution in [1.29, 1.82) is 0 Å². The van der Waals surface area contributed by atoms with Crippen LogP contribution in [0.5, 0.6) is 0 Å². The molecule has 3 aromatic rings. The van der Waals surface area contributed by atoms with Crippen molar-refractivity contribution in [2.45, 2.75) is 17.2 Å². The Morgan fingerprint density at radius 3 is 2.67 bits per heavy atom. The van der Waals surface area contributed by atoms with Crippen LogP contribution in [-0.4, -0.2) is 30.8 Å². The van der Waals surface area contributed by atoms with E-state index in [2.05, 4.69) is 11.1 Å². The van der Waals surface area contributed by atoms with Crippen LogP contribution < -0.4 is 0 Å². The molecule has 1 saturated heterocycles. The third-order valence-electron chi connectivity index (χ3n) is 4.67. The van der Waals surface area contributed by atoms with E-state index in [9.17, 15) is 8.42 Å². The first kappa shape index (κ1) is 15.7. The first-order chi connectivity index (χ1) is 11.6. The number of para-hydroxylation sites is 1. The van der Waals surface area contributed by atoms with E-state index in [1.807, 2.05) is 24.4 Å². The first-order valence-electron chi connectivity index (χ1n) is 7.88. The quantitative estimate of drug-likeness (QED) is 0.767. The molecule has 2 aromatic carbocycles. The summed E-state index contributed by atoms with van der Waals surface area (Å²) >= 11 is 6.09. The van der Waals surface area contributed by atoms with Crippen molar-refractivity contribution < 1.29 is 8.42 Å². The molecule has 1 atom stereocenters. The Balaban J connectivity index is 1.64. The van der Waals surface area contributed by atoms with Gasteiger partial charge in [0, 0.05) is 36.1 Å². The monoisotopic (exact) mass is 360 g/mol. The number of sulfonamides is 1. The number of nitrogens with zero attached hydrogens (tertiary/aromatic N) is 1. The largest absolute Gasteiger partial charge is 0.361 e. The van der Waals surface area contributed by atoms with Crippen LogP contribution in [0.2, 0.25) is 5.02 Å². The molecule has 0 radical (unpaired) electrons. The molecular formula is C18H17ClN2O2S. The minimum atomic E-state index is -3.56. The standard InChI is InChI=1S/C18H17ClN2O2S/c19-16-6-2-4-8-18(16)24(22,23)21-10-9-13(12-21)15-11-20-17-7-3-1-5-14(15)17/h1-8,11,13,20H,9-10,12H2. The molecule has 1 fully saturated rings. The number of aromatic amines is 1. The topological polar surface area (TPSA) is 53.2 Å². The molecule has 1 aromatic heterocycles. The van der Waals surface area contributed by atoms with E-state index >= 15 is 0 Å². The van der Waals surface area contributed by atoms with Crippen LogP contribution in [0.1, 0.15) is 17.9 Å². The highest BCUT2D eigenvalue weighted by molar-refractivity contribution is 7.89. The minimum Gasteiger partial charge on any atom is -0.361 e. The van der Waals surface area contributed by atoms with Gasteiger partial charge in [0.25, 0.3) is 0 Å². The minimum absolute atomic E-state index is 0.186. The van der Waals surface area contributed by atoms with Crippen LogP contribution in [0.4, 0.5) is 0 Å². The maximum absolute atomic E-state index is 12.9. The second kappa shape index (κ2) is 5.92. The molecule has 124 valence electrons. The Labute approximate surface area is 146 Å². The van der Waals surface area contributed by atoms with Crippen molar-refractivity contribution in [3.63, 3.8) is 0 Å². The lowest BCUT2D eigenvalue weighted by atomic mass is 9.98. The third-order valence-corrected chi connectivity index (χ3v) is 7.03. The van der Waals surface area contributed by atoms with E-state index in [-0.39, 0.29) is 15.8 Å². The summed E-state index contributed by atoms with van der Waals surface area (Å²) in [5, 5.41) is 1.44. The Morgan fingerprint density at radius 2 is 1.83 bits per heavy atom. The van der Waals surface area contributed by atoms with Gasteiger partial charge in [-0.3, -0.25) is 0 Å². The zero-order valence-electron chi connectivity index (χ0n) is 12.9. The lowest BCUT2D eigenvalue weighted by molar-refractivity contribution is 0.473. The number of H-pyrrole nitrogens is 1. The number of rotatable bonds is 3. The molecule has 0 amide bonds. The summed E-state index contributed by atoms with van der Waals surface area (Å²) in [6.07, 6.45) is 2.81. The van der Waals surface area contributed by atoms with Gasteiger partial charge in [-0.2, -0.15) is 4.31 Å². The molecule has 1 aliphatic heterocycles. The second-order valence-electron chi connectivity index (χ2n) is 6.07. The van der Waals surface area contributed by atoms with Crippen LogP contribution >= 0.6 is 11.6 Å². The Kier molecular flexibility index (Phi) is 3.87. The molecule has 1 N–H and O–H groups in total. The first-order valence-corrected chi connectivity index (χ1v) is 9.70. The highest BCUT2D eigenvalue weighted by atomic mass is 35.5. The molecule has 24 heavy (non-hydrogen) atoms. The molecule has 6 heteroatoms. The normalized spacial score (nSPS) is 19.1. The number of benzene rings is 2. The van der Waals surface area contributed by atoms with Gasteiger partial charge in [0.2, 0.25) is 10.0 Å². The molecule has 4 nitrogen and oxygen atoms in total. The molecule has 0 bridgehead atoms. The van der Waals surface area contributed by atoms with Gasteiger partial charge in [0.15, 0.2) is 0 Å². The van der Waals surface area contributed by atoms with Crippen LogP contribution in [0, 0.1) is 0 Å². The van der Waals surface area contributed by atoms with Crippen LogP contribution in [-0.2, 0) is 10.0 Å². The second-order valence-corrected chi connectivity index (χ2v) is 8.38. The average Bonchev–Trinajstić information content (AvgIpc) is 3.22. The average molecular weight is 361 g/mol. The molecule has 1 unspecified atom stereocenters. The van der Waals surface area contributed by atoms with Gasteiger partial charge in [-0.15, -0.1) is 0 Å². The van der Waals surface area contributed by atoms with Gasteiger partial charge < -0.3 is 4.98 Å². The lowest BCUT2D eigenvalue weighted by Crippen LogP contribution is -2.28. The van der Waals surface area contributed by atoms with Gasteiger partial charge in [0.1, 0.15) is 4.90 Å². The van der Waals surface area contributed by atoms with Crippen LogP contribution in [0.3, 0.4) is 0 Å². The molecule has 0 spiro atoms. The molecule has 4 rings (SSSR count). The van der Waals surface area contributed by atoms with Crippen molar-refractivity contribution in [2.24, 2.45) is 0 Å². The van der Waals surface area contributed by atoms with Crippen molar-refractivity contribution in [3.8, 4) is 0 Å². The molecule has 0 aliphatic carbocycles. The fraction of sp³-hybridized carbons (Fsp3) is 0.222. The lowest BCUT2D eigenvalue weighted by Gasteiger charge is -2.17. The number of hydrogen-bond donors (Lipinski definition) is 1. The number of aromatic nitrogens is 1. The van der Waals surface area contributed by atoms with Crippen LogP contribution in [0.15, 0.2) is 59.6 Å². The number of hydrogen-bond acceptors (Lipinski definition) is 2. The molecule has 2 heterocycles. The van der Waals surface area contributed by atoms with Gasteiger partial charge >= 0.3 is 0 Å². The predicted molar refractivity (Wildman–Crippen MR) is 95.9 cm³/mol. The number of nitrogens with one attached hydrogen (secondary N) is 1. The fourth-order valence-electron chi connectivity index (χ4n) is 3.43. The smallest absolute Gasteiger partial charge is 0.244 e. The van der Waals surface area contributed by atoms with Crippen molar-refractivity contribution in [2.75, 3.05) is 13.1 Å². The maximum Gasteiger partial charge on any atom is 0.244 e. The highest BCUT2D eigenvalue weighted by Gasteiger charge is 2.34. The Morgan fingerprint density at radius 1 is 1.08 bits per heavy atom. The third kappa shape index (κ3) is 2.53. The molecule has 1 aliphatic rings. The summed E-state index contributed by atoms with van der Waals surface area (Å²) in [4.78, 5) is 3.46. The number of fused-ring (bicyclic) bond motifs is 1. The van der Waals surface area contributed by atoms with Gasteiger partial charge in [-0.25, -0.2) is 8.42 Å². The summed E-state index contributed by atoms with van der Waals surface area (Å²) < 4.78 is 27.3. The number of halogens is 1. The van der Waals surface area contributed by atoms with Gasteiger partial charge in [0.05, 0.1) is 5.02 Å². The molecule has 0 saturated carbocycles. The summed E-state index contributed by atoms with van der Waals surface area (Å²) in [6, 6.07) is 14.7. The van der Waals surface area contributed by atoms with E-state index < -0.39 is 10.0 Å². The van der Waals surface area contributed by atoms with Crippen molar-refractivity contribution >= 4 is 32.5 Å².